The van der Waals surface area contributed by atoms with Crippen molar-refractivity contribution < 1.29 is 13.2 Å². The van der Waals surface area contributed by atoms with Crippen LogP contribution in [0.4, 0.5) is 13.2 Å². The van der Waals surface area contributed by atoms with Gasteiger partial charge in [-0.1, -0.05) is 0 Å². The molecule has 1 aliphatic carbocycles. The van der Waals surface area contributed by atoms with Crippen molar-refractivity contribution in [3.63, 3.8) is 0 Å². The molecule has 1 saturated carbocycles. The fraction of sp³-hybridized carbons (Fsp3) is 1.00. The molecule has 2 unspecified atom stereocenters. The van der Waals surface area contributed by atoms with Crippen LogP contribution in [-0.2, 0) is 0 Å². The lowest BCUT2D eigenvalue weighted by molar-refractivity contribution is -0.149. The maximum atomic E-state index is 12.5. The van der Waals surface area contributed by atoms with E-state index < -0.39 is 12.6 Å². The van der Waals surface area contributed by atoms with E-state index in [0.717, 1.165) is 6.54 Å². The number of alkyl halides is 3. The molecule has 1 N–H and O–H groups in total. The first-order chi connectivity index (χ1) is 8.33. The highest BCUT2D eigenvalue weighted by atomic mass is 19.4. The molecule has 2 aliphatic rings. The van der Waals surface area contributed by atoms with Crippen molar-refractivity contribution >= 4 is 0 Å². The monoisotopic (exact) mass is 264 g/mol. The summed E-state index contributed by atoms with van der Waals surface area (Å²) < 4.78 is 37.6. The maximum Gasteiger partial charge on any atom is 0.389 e. The van der Waals surface area contributed by atoms with Gasteiger partial charge in [-0.25, -0.2) is 0 Å². The molecule has 0 radical (unpaired) electrons. The number of nitrogens with one attached hydrogen (secondary N) is 1. The van der Waals surface area contributed by atoms with Gasteiger partial charge in [-0.3, -0.25) is 4.90 Å². The van der Waals surface area contributed by atoms with Crippen LogP contribution in [0, 0.1) is 5.92 Å². The molecule has 0 spiro atoms. The Hall–Kier alpha value is -0.290. The van der Waals surface area contributed by atoms with E-state index in [1.165, 1.54) is 12.8 Å². The van der Waals surface area contributed by atoms with Gasteiger partial charge in [-0.05, 0) is 39.0 Å². The first-order valence-corrected chi connectivity index (χ1v) is 6.90. The Morgan fingerprint density at radius 3 is 2.33 bits per heavy atom. The van der Waals surface area contributed by atoms with E-state index in [4.69, 9.17) is 0 Å². The normalized spacial score (nSPS) is 31.0. The minimum atomic E-state index is -4.03. The van der Waals surface area contributed by atoms with Crippen molar-refractivity contribution in [2.24, 2.45) is 5.92 Å². The summed E-state index contributed by atoms with van der Waals surface area (Å²) in [6, 6.07) is 1.12. The summed E-state index contributed by atoms with van der Waals surface area (Å²) in [4.78, 5) is 2.18. The van der Waals surface area contributed by atoms with Gasteiger partial charge in [0.1, 0.15) is 0 Å². The smallest absolute Gasteiger partial charge is 0.310 e. The summed E-state index contributed by atoms with van der Waals surface area (Å²) in [5, 5.41) is 3.48. The molecule has 2 rings (SSSR count). The Labute approximate surface area is 107 Å². The summed E-state index contributed by atoms with van der Waals surface area (Å²) in [5.41, 5.74) is 0. The second-order valence-electron chi connectivity index (χ2n) is 6.11. The number of rotatable bonds is 4. The topological polar surface area (TPSA) is 15.3 Å². The zero-order valence-corrected chi connectivity index (χ0v) is 11.1. The van der Waals surface area contributed by atoms with Crippen LogP contribution in [-0.4, -0.2) is 42.3 Å². The van der Waals surface area contributed by atoms with E-state index in [1.807, 2.05) is 0 Å². The molecule has 1 aliphatic heterocycles. The van der Waals surface area contributed by atoms with Crippen molar-refractivity contribution in [1.29, 1.82) is 0 Å². The highest BCUT2D eigenvalue weighted by molar-refractivity contribution is 4.91. The van der Waals surface area contributed by atoms with Crippen LogP contribution >= 0.6 is 0 Å². The summed E-state index contributed by atoms with van der Waals surface area (Å²) in [6.07, 6.45) is -1.64. The standard InChI is InChI=1S/C13H23F3N2/c1-9(2)18-7-10(6-13(14,15)16)5-12(8-18)17-11-3-4-11/h9-12,17H,3-8H2,1-2H3. The maximum absolute atomic E-state index is 12.5. The van der Waals surface area contributed by atoms with Gasteiger partial charge in [0.25, 0.3) is 0 Å². The summed E-state index contributed by atoms with van der Waals surface area (Å²) >= 11 is 0. The number of nitrogens with zero attached hydrogens (tertiary/aromatic N) is 1. The highest BCUT2D eigenvalue weighted by Gasteiger charge is 2.38. The Morgan fingerprint density at radius 1 is 1.17 bits per heavy atom. The third kappa shape index (κ3) is 4.43. The van der Waals surface area contributed by atoms with Gasteiger partial charge in [-0.2, -0.15) is 13.2 Å². The fourth-order valence-electron chi connectivity index (χ4n) is 2.84. The van der Waals surface area contributed by atoms with Crippen molar-refractivity contribution in [3.05, 3.63) is 0 Å². The molecular weight excluding hydrogens is 241 g/mol. The van der Waals surface area contributed by atoms with Crippen molar-refractivity contribution in [1.82, 2.24) is 10.2 Å². The van der Waals surface area contributed by atoms with Crippen LogP contribution in [0.15, 0.2) is 0 Å². The minimum Gasteiger partial charge on any atom is -0.310 e. The van der Waals surface area contributed by atoms with E-state index in [9.17, 15) is 13.2 Å². The zero-order valence-electron chi connectivity index (χ0n) is 11.1. The van der Waals surface area contributed by atoms with Crippen LogP contribution in [0.25, 0.3) is 0 Å². The Morgan fingerprint density at radius 2 is 1.83 bits per heavy atom. The van der Waals surface area contributed by atoms with Crippen molar-refractivity contribution in [3.8, 4) is 0 Å². The van der Waals surface area contributed by atoms with Crippen LogP contribution in [0.5, 0.6) is 0 Å². The molecule has 1 heterocycles. The number of piperidine rings is 1. The lowest BCUT2D eigenvalue weighted by Gasteiger charge is -2.40. The van der Waals surface area contributed by atoms with Gasteiger partial charge in [0.2, 0.25) is 0 Å². The average Bonchev–Trinajstić information content (AvgIpc) is 2.98. The molecule has 0 amide bonds. The molecule has 106 valence electrons. The van der Waals surface area contributed by atoms with Gasteiger partial charge in [0, 0.05) is 37.6 Å². The molecular formula is C13H23F3N2. The number of halogens is 3. The molecule has 0 aromatic rings. The SMILES string of the molecule is CC(C)N1CC(CC(F)(F)F)CC(NC2CC2)C1. The molecule has 0 aromatic carbocycles. The Kier molecular flexibility index (Phi) is 4.22. The molecule has 18 heavy (non-hydrogen) atoms. The molecule has 2 nitrogen and oxygen atoms in total. The predicted octanol–water partition coefficient (Wildman–Crippen LogP) is 2.79. The second kappa shape index (κ2) is 5.37. The van der Waals surface area contributed by atoms with Crippen molar-refractivity contribution in [2.75, 3.05) is 13.1 Å². The highest BCUT2D eigenvalue weighted by Crippen LogP contribution is 2.32. The van der Waals surface area contributed by atoms with E-state index in [1.54, 1.807) is 0 Å². The molecule has 1 saturated heterocycles. The quantitative estimate of drug-likeness (QED) is 0.840. The number of hydrogen-bond donors (Lipinski definition) is 1. The molecule has 2 atom stereocenters. The van der Waals surface area contributed by atoms with E-state index in [0.29, 0.717) is 25.0 Å². The van der Waals surface area contributed by atoms with Gasteiger partial charge >= 0.3 is 6.18 Å². The fourth-order valence-corrected chi connectivity index (χ4v) is 2.84. The zero-order chi connectivity index (χ0) is 13.3. The number of likely N-dealkylation sites (tertiary alicyclic amines) is 1. The first kappa shape index (κ1) is 14.1. The van der Waals surface area contributed by atoms with Gasteiger partial charge < -0.3 is 5.32 Å². The van der Waals surface area contributed by atoms with Gasteiger partial charge in [0.15, 0.2) is 0 Å². The average molecular weight is 264 g/mol. The number of hydrogen-bond acceptors (Lipinski definition) is 2. The van der Waals surface area contributed by atoms with Gasteiger partial charge in [0.05, 0.1) is 0 Å². The Bertz CT molecular complexity index is 274. The molecule has 5 heteroatoms. The van der Waals surface area contributed by atoms with Gasteiger partial charge in [-0.15, -0.1) is 0 Å². The second-order valence-corrected chi connectivity index (χ2v) is 6.11. The van der Waals surface area contributed by atoms with Crippen LogP contribution in [0.3, 0.4) is 0 Å². The van der Waals surface area contributed by atoms with E-state index in [2.05, 4.69) is 24.1 Å². The predicted molar refractivity (Wildman–Crippen MR) is 65.4 cm³/mol. The third-order valence-corrected chi connectivity index (χ3v) is 3.86. The van der Waals surface area contributed by atoms with E-state index in [-0.39, 0.29) is 12.0 Å². The van der Waals surface area contributed by atoms with Crippen LogP contribution in [0.1, 0.15) is 39.5 Å². The van der Waals surface area contributed by atoms with Crippen LogP contribution in [0.2, 0.25) is 0 Å². The minimum absolute atomic E-state index is 0.237. The largest absolute Gasteiger partial charge is 0.389 e. The lowest BCUT2D eigenvalue weighted by Crippen LogP contribution is -2.52. The van der Waals surface area contributed by atoms with E-state index >= 15 is 0 Å². The third-order valence-electron chi connectivity index (χ3n) is 3.86. The molecule has 0 bridgehead atoms. The summed E-state index contributed by atoms with van der Waals surface area (Å²) in [5.74, 6) is -0.252. The molecule has 2 fully saturated rings. The Balaban J connectivity index is 1.92. The lowest BCUT2D eigenvalue weighted by atomic mass is 9.90. The summed E-state index contributed by atoms with van der Waals surface area (Å²) in [7, 11) is 0. The molecule has 0 aromatic heterocycles. The van der Waals surface area contributed by atoms with Crippen molar-refractivity contribution in [2.45, 2.75) is 63.8 Å². The summed E-state index contributed by atoms with van der Waals surface area (Å²) in [6.45, 7) is 5.59. The first-order valence-electron chi connectivity index (χ1n) is 6.90. The van der Waals surface area contributed by atoms with Crippen LogP contribution < -0.4 is 5.32 Å².